The van der Waals surface area contributed by atoms with Crippen LogP contribution >= 0.6 is 22.6 Å². The number of hydrogen-bond acceptors (Lipinski definition) is 4. The molecule has 27 heavy (non-hydrogen) atoms. The Bertz CT molecular complexity index is 1050. The molecule has 1 aliphatic heterocycles. The highest BCUT2D eigenvalue weighted by Crippen LogP contribution is 2.43. The average molecular weight is 474 g/mol. The topological polar surface area (TPSA) is 71.2 Å². The van der Waals surface area contributed by atoms with Crippen LogP contribution in [0.5, 0.6) is 0 Å². The van der Waals surface area contributed by atoms with Crippen LogP contribution in [0.2, 0.25) is 0 Å². The lowest BCUT2D eigenvalue weighted by Crippen LogP contribution is -2.38. The third kappa shape index (κ3) is 2.62. The number of carbonyl (C=O) groups is 1. The van der Waals surface area contributed by atoms with Gasteiger partial charge in [0.25, 0.3) is 0 Å². The van der Waals surface area contributed by atoms with Gasteiger partial charge in [-0.2, -0.15) is 5.10 Å². The molecule has 0 radical (unpaired) electrons. The number of carboxylic acid groups (broad SMARTS) is 1. The van der Waals surface area contributed by atoms with Crippen molar-refractivity contribution < 1.29 is 9.90 Å². The lowest BCUT2D eigenvalue weighted by Gasteiger charge is -2.30. The van der Waals surface area contributed by atoms with Crippen LogP contribution in [0, 0.1) is 22.5 Å². The first-order valence-corrected chi connectivity index (χ1v) is 10.2. The van der Waals surface area contributed by atoms with Crippen LogP contribution in [0.1, 0.15) is 18.4 Å². The van der Waals surface area contributed by atoms with E-state index in [1.54, 1.807) is 0 Å². The number of aromatic nitrogens is 3. The van der Waals surface area contributed by atoms with Gasteiger partial charge >= 0.3 is 5.97 Å². The Morgan fingerprint density at radius 1 is 1.26 bits per heavy atom. The quantitative estimate of drug-likeness (QED) is 0.588. The van der Waals surface area contributed by atoms with Crippen molar-refractivity contribution >= 4 is 45.3 Å². The lowest BCUT2D eigenvalue weighted by atomic mass is 9.95. The zero-order chi connectivity index (χ0) is 18.7. The van der Waals surface area contributed by atoms with Crippen LogP contribution in [0.4, 0.5) is 5.82 Å². The molecule has 1 saturated heterocycles. The lowest BCUT2D eigenvalue weighted by molar-refractivity contribution is -0.143. The van der Waals surface area contributed by atoms with Gasteiger partial charge in [0.2, 0.25) is 0 Å². The van der Waals surface area contributed by atoms with Crippen molar-refractivity contribution in [3.63, 3.8) is 0 Å². The van der Waals surface area contributed by atoms with Gasteiger partial charge < -0.3 is 10.0 Å². The van der Waals surface area contributed by atoms with E-state index in [0.717, 1.165) is 45.5 Å². The van der Waals surface area contributed by atoms with Gasteiger partial charge in [0.15, 0.2) is 0 Å². The number of para-hydroxylation sites is 1. The monoisotopic (exact) mass is 474 g/mol. The number of hydrogen-bond donors (Lipinski definition) is 1. The van der Waals surface area contributed by atoms with E-state index in [9.17, 15) is 9.90 Å². The molecule has 1 N–H and O–H groups in total. The Labute approximate surface area is 170 Å². The Morgan fingerprint density at radius 2 is 2.11 bits per heavy atom. The zero-order valence-electron chi connectivity index (χ0n) is 14.8. The highest BCUT2D eigenvalue weighted by molar-refractivity contribution is 14.1. The highest BCUT2D eigenvalue weighted by atomic mass is 127. The summed E-state index contributed by atoms with van der Waals surface area (Å²) in [6.45, 7) is 2.88. The number of aliphatic carboxylic acids is 1. The Morgan fingerprint density at radius 3 is 2.78 bits per heavy atom. The summed E-state index contributed by atoms with van der Waals surface area (Å²) in [5, 5.41) is 15.2. The molecule has 6 nitrogen and oxygen atoms in total. The van der Waals surface area contributed by atoms with Gasteiger partial charge in [0.1, 0.15) is 9.52 Å². The summed E-state index contributed by atoms with van der Waals surface area (Å²) in [6.07, 6.45) is 3.55. The van der Waals surface area contributed by atoms with Gasteiger partial charge in [-0.05, 0) is 66.0 Å². The second-order valence-electron chi connectivity index (χ2n) is 7.53. The number of piperidine rings is 1. The van der Waals surface area contributed by atoms with Gasteiger partial charge in [-0.15, -0.1) is 0 Å². The first-order valence-electron chi connectivity index (χ1n) is 9.12. The van der Waals surface area contributed by atoms with Crippen LogP contribution in [0.15, 0.2) is 36.5 Å². The summed E-state index contributed by atoms with van der Waals surface area (Å²) < 4.78 is 2.94. The van der Waals surface area contributed by atoms with Crippen LogP contribution in [-0.4, -0.2) is 38.4 Å². The number of anilines is 1. The minimum atomic E-state index is -0.652. The smallest absolute Gasteiger partial charge is 0.306 e. The maximum atomic E-state index is 11.3. The third-order valence-corrected chi connectivity index (χ3v) is 6.79. The molecule has 2 bridgehead atoms. The van der Waals surface area contributed by atoms with E-state index in [1.807, 2.05) is 16.9 Å². The summed E-state index contributed by atoms with van der Waals surface area (Å²) in [5.74, 6) is 0.332. The van der Waals surface area contributed by atoms with E-state index in [1.165, 1.54) is 5.56 Å². The molecule has 5 rings (SSSR count). The number of benzene rings is 1. The average Bonchev–Trinajstić information content (AvgIpc) is 3.35. The summed E-state index contributed by atoms with van der Waals surface area (Å²) in [4.78, 5) is 18.3. The predicted molar refractivity (Wildman–Crippen MR) is 111 cm³/mol. The van der Waals surface area contributed by atoms with Crippen molar-refractivity contribution in [2.24, 2.45) is 11.8 Å². The van der Waals surface area contributed by atoms with Gasteiger partial charge in [-0.3, -0.25) is 4.79 Å². The van der Waals surface area contributed by atoms with Crippen molar-refractivity contribution in [1.29, 1.82) is 0 Å². The second kappa shape index (κ2) is 6.19. The number of pyridine rings is 1. The first-order chi connectivity index (χ1) is 13.0. The van der Waals surface area contributed by atoms with Crippen LogP contribution in [-0.2, 0) is 4.79 Å². The fraction of sp³-hybridized carbons (Fsp3) is 0.350. The number of nitrogens with zero attached hydrogens (tertiary/aromatic N) is 4. The molecule has 7 heteroatoms. The fourth-order valence-electron chi connectivity index (χ4n) is 4.70. The molecule has 3 atom stereocenters. The molecule has 0 amide bonds. The molecule has 0 spiro atoms. The van der Waals surface area contributed by atoms with Crippen molar-refractivity contribution in [2.45, 2.75) is 25.8 Å². The standard InChI is InChI=1S/C20H19IN4O2/c1-11-3-2-4-15-18(11)25(23-19(15)21)13-5-6-17(22-9-13)24-10-12-7-14(24)8-16(12)20(26)27/h2-6,9,12,14,16H,7-8,10H2,1H3,(H,26,27)/t12-,14-,16+/m1/s1. The van der Waals surface area contributed by atoms with Crippen molar-refractivity contribution in [2.75, 3.05) is 11.4 Å². The fourth-order valence-corrected chi connectivity index (χ4v) is 5.35. The normalized spacial score (nSPS) is 24.1. The number of halogens is 1. The molecular weight excluding hydrogens is 455 g/mol. The predicted octanol–water partition coefficient (Wildman–Crippen LogP) is 3.63. The van der Waals surface area contributed by atoms with Crippen molar-refractivity contribution in [3.05, 3.63) is 45.8 Å². The van der Waals surface area contributed by atoms with Crippen molar-refractivity contribution in [3.8, 4) is 5.69 Å². The molecule has 2 aromatic heterocycles. The molecule has 0 unspecified atom stereocenters. The summed E-state index contributed by atoms with van der Waals surface area (Å²) in [5.41, 5.74) is 3.23. The molecule has 1 aromatic carbocycles. The first kappa shape index (κ1) is 17.0. The molecule has 3 aromatic rings. The minimum absolute atomic E-state index is 0.189. The van der Waals surface area contributed by atoms with E-state index >= 15 is 0 Å². The maximum Gasteiger partial charge on any atom is 0.306 e. The van der Waals surface area contributed by atoms with E-state index in [0.29, 0.717) is 6.04 Å². The van der Waals surface area contributed by atoms with Crippen LogP contribution in [0.3, 0.4) is 0 Å². The van der Waals surface area contributed by atoms with Gasteiger partial charge in [-0.1, -0.05) is 18.2 Å². The molecule has 2 aliphatic rings. The molecule has 3 heterocycles. The van der Waals surface area contributed by atoms with E-state index in [2.05, 4.69) is 63.7 Å². The maximum absolute atomic E-state index is 11.3. The molecular formula is C20H19IN4O2. The SMILES string of the molecule is Cc1cccc2c(I)nn(-c3ccc(N4C[C@H]5C[C@@H]4C[C@@H]5C(=O)O)nc3)c12. The number of fused-ring (bicyclic) bond motifs is 3. The van der Waals surface area contributed by atoms with E-state index in [-0.39, 0.29) is 11.8 Å². The van der Waals surface area contributed by atoms with Crippen LogP contribution < -0.4 is 4.90 Å². The Kier molecular flexibility index (Phi) is 3.89. The Hall–Kier alpha value is -2.16. The summed E-state index contributed by atoms with van der Waals surface area (Å²) >= 11 is 2.27. The number of carboxylic acids is 1. The molecule has 1 aliphatic carbocycles. The largest absolute Gasteiger partial charge is 0.481 e. The van der Waals surface area contributed by atoms with E-state index < -0.39 is 5.97 Å². The minimum Gasteiger partial charge on any atom is -0.481 e. The van der Waals surface area contributed by atoms with Gasteiger partial charge in [0, 0.05) is 18.0 Å². The Balaban J connectivity index is 1.45. The number of rotatable bonds is 3. The highest BCUT2D eigenvalue weighted by Gasteiger charge is 2.48. The van der Waals surface area contributed by atoms with Gasteiger partial charge in [-0.25, -0.2) is 9.67 Å². The summed E-state index contributed by atoms with van der Waals surface area (Å²) in [6, 6.07) is 10.6. The summed E-state index contributed by atoms with van der Waals surface area (Å²) in [7, 11) is 0. The van der Waals surface area contributed by atoms with Crippen molar-refractivity contribution in [1.82, 2.24) is 14.8 Å². The van der Waals surface area contributed by atoms with Gasteiger partial charge in [0.05, 0.1) is 23.3 Å². The number of aryl methyl sites for hydroxylation is 1. The molecule has 2 fully saturated rings. The third-order valence-electron chi connectivity index (χ3n) is 5.99. The second-order valence-corrected chi connectivity index (χ2v) is 8.55. The van der Waals surface area contributed by atoms with E-state index in [4.69, 9.17) is 5.10 Å². The van der Waals surface area contributed by atoms with Crippen LogP contribution in [0.25, 0.3) is 16.6 Å². The molecule has 1 saturated carbocycles. The molecule has 138 valence electrons. The zero-order valence-corrected chi connectivity index (χ0v) is 17.0.